The Labute approximate surface area is 175 Å². The Hall–Kier alpha value is -3.34. The summed E-state index contributed by atoms with van der Waals surface area (Å²) in [5.41, 5.74) is 3.35. The van der Waals surface area contributed by atoms with E-state index >= 15 is 0 Å². The Morgan fingerprint density at radius 2 is 1.70 bits per heavy atom. The third-order valence-corrected chi connectivity index (χ3v) is 6.17. The summed E-state index contributed by atoms with van der Waals surface area (Å²) in [6, 6.07) is 16.9. The lowest BCUT2D eigenvalue weighted by molar-refractivity contribution is 0.315. The fraction of sp³-hybridized carbons (Fsp3) is 0.280. The Morgan fingerprint density at radius 3 is 2.43 bits per heavy atom. The summed E-state index contributed by atoms with van der Waals surface area (Å²) in [5.74, 6) is 0.752. The van der Waals surface area contributed by atoms with Gasteiger partial charge in [0, 0.05) is 24.0 Å². The molecular weight excluding hydrogens is 374 g/mol. The number of rotatable bonds is 4. The number of fused-ring (bicyclic) bond motifs is 1. The average Bonchev–Trinajstić information content (AvgIpc) is 3.18. The van der Waals surface area contributed by atoms with E-state index in [1.54, 1.807) is 23.0 Å². The predicted octanol–water partition coefficient (Wildman–Crippen LogP) is 5.14. The van der Waals surface area contributed by atoms with E-state index in [1.165, 1.54) is 32.1 Å². The van der Waals surface area contributed by atoms with Crippen molar-refractivity contribution in [1.82, 2.24) is 14.1 Å². The van der Waals surface area contributed by atoms with Crippen LogP contribution in [-0.2, 0) is 6.54 Å². The fourth-order valence-electron chi connectivity index (χ4n) is 4.58. The summed E-state index contributed by atoms with van der Waals surface area (Å²) in [6.07, 6.45) is 9.84. The van der Waals surface area contributed by atoms with Gasteiger partial charge >= 0.3 is 0 Å². The standard InChI is InChI=1S/C25H25N3O2/c29-21-13-11-19(12-14-21)22-16-28(20-9-5-2-6-10-20)24-23(22)25(30)27(17-26-24)15-18-7-3-1-4-8-18/h2,5-6,9-14,16-18,29H,1,3-4,7-8,15H2. The van der Waals surface area contributed by atoms with Crippen LogP contribution in [0.15, 0.2) is 71.9 Å². The smallest absolute Gasteiger partial charge is 0.263 e. The van der Waals surface area contributed by atoms with Gasteiger partial charge in [0.25, 0.3) is 5.56 Å². The normalized spacial score (nSPS) is 14.9. The molecule has 0 saturated heterocycles. The van der Waals surface area contributed by atoms with Gasteiger partial charge in [0.2, 0.25) is 0 Å². The minimum atomic E-state index is 0.00308. The van der Waals surface area contributed by atoms with Crippen LogP contribution in [-0.4, -0.2) is 19.2 Å². The van der Waals surface area contributed by atoms with Gasteiger partial charge in [0.05, 0.1) is 11.7 Å². The van der Waals surface area contributed by atoms with Crippen molar-refractivity contribution in [2.45, 2.75) is 38.6 Å². The van der Waals surface area contributed by atoms with Gasteiger partial charge in [-0.1, -0.05) is 49.6 Å². The Morgan fingerprint density at radius 1 is 0.967 bits per heavy atom. The zero-order valence-corrected chi connectivity index (χ0v) is 16.9. The molecule has 5 nitrogen and oxygen atoms in total. The van der Waals surface area contributed by atoms with Crippen molar-refractivity contribution in [3.63, 3.8) is 0 Å². The van der Waals surface area contributed by atoms with E-state index < -0.39 is 0 Å². The molecular formula is C25H25N3O2. The number of phenolic OH excluding ortho intramolecular Hbond substituents is 1. The van der Waals surface area contributed by atoms with Crippen LogP contribution in [0.1, 0.15) is 32.1 Å². The van der Waals surface area contributed by atoms with E-state index in [0.717, 1.165) is 23.4 Å². The summed E-state index contributed by atoms with van der Waals surface area (Å²) in [5, 5.41) is 10.3. The van der Waals surface area contributed by atoms with E-state index in [0.29, 0.717) is 17.0 Å². The molecule has 0 amide bonds. The van der Waals surface area contributed by atoms with Crippen molar-refractivity contribution in [3.8, 4) is 22.6 Å². The molecule has 152 valence electrons. The van der Waals surface area contributed by atoms with Crippen molar-refractivity contribution >= 4 is 11.0 Å². The van der Waals surface area contributed by atoms with E-state index in [1.807, 2.05) is 53.2 Å². The summed E-state index contributed by atoms with van der Waals surface area (Å²) in [4.78, 5) is 18.3. The van der Waals surface area contributed by atoms with Gasteiger partial charge in [-0.25, -0.2) is 4.98 Å². The predicted molar refractivity (Wildman–Crippen MR) is 119 cm³/mol. The van der Waals surface area contributed by atoms with E-state index in [9.17, 15) is 9.90 Å². The van der Waals surface area contributed by atoms with Crippen molar-refractivity contribution in [2.75, 3.05) is 0 Å². The van der Waals surface area contributed by atoms with Gasteiger partial charge in [0.1, 0.15) is 5.75 Å². The molecule has 2 aromatic heterocycles. The number of phenols is 1. The molecule has 1 saturated carbocycles. The third kappa shape index (κ3) is 3.41. The van der Waals surface area contributed by atoms with Gasteiger partial charge in [-0.3, -0.25) is 9.36 Å². The van der Waals surface area contributed by atoms with Crippen LogP contribution < -0.4 is 5.56 Å². The van der Waals surface area contributed by atoms with Gasteiger partial charge in [-0.2, -0.15) is 0 Å². The maximum Gasteiger partial charge on any atom is 0.263 e. The third-order valence-electron chi connectivity index (χ3n) is 6.17. The van der Waals surface area contributed by atoms with E-state index in [-0.39, 0.29) is 11.3 Å². The van der Waals surface area contributed by atoms with Crippen LogP contribution in [0.5, 0.6) is 5.75 Å². The molecule has 1 N–H and O–H groups in total. The van der Waals surface area contributed by atoms with E-state index in [2.05, 4.69) is 0 Å². The number of benzene rings is 2. The molecule has 0 radical (unpaired) electrons. The summed E-state index contributed by atoms with van der Waals surface area (Å²) in [7, 11) is 0. The lowest BCUT2D eigenvalue weighted by atomic mass is 9.89. The minimum Gasteiger partial charge on any atom is -0.508 e. The maximum absolute atomic E-state index is 13.6. The van der Waals surface area contributed by atoms with Crippen molar-refractivity contribution < 1.29 is 5.11 Å². The second kappa shape index (κ2) is 7.82. The lowest BCUT2D eigenvalue weighted by Gasteiger charge is -2.22. The number of aromatic hydroxyl groups is 1. The maximum atomic E-state index is 13.6. The Balaban J connectivity index is 1.69. The molecule has 0 aliphatic heterocycles. The quantitative estimate of drug-likeness (QED) is 0.517. The SMILES string of the molecule is O=c1c2c(-c3ccc(O)cc3)cn(-c3ccccc3)c2ncn1CC1CCCCC1. The van der Waals surface area contributed by atoms with E-state index in [4.69, 9.17) is 4.98 Å². The molecule has 2 aromatic carbocycles. The molecule has 2 heterocycles. The second-order valence-corrected chi connectivity index (χ2v) is 8.20. The highest BCUT2D eigenvalue weighted by molar-refractivity contribution is 5.94. The monoisotopic (exact) mass is 399 g/mol. The number of nitrogens with zero attached hydrogens (tertiary/aromatic N) is 3. The van der Waals surface area contributed by atoms with Crippen molar-refractivity contribution in [3.05, 3.63) is 77.5 Å². The van der Waals surface area contributed by atoms with Crippen LogP contribution in [0.3, 0.4) is 0 Å². The average molecular weight is 399 g/mol. The first-order valence-electron chi connectivity index (χ1n) is 10.7. The van der Waals surface area contributed by atoms with Gasteiger partial charge < -0.3 is 9.67 Å². The first-order valence-corrected chi connectivity index (χ1v) is 10.7. The van der Waals surface area contributed by atoms with Gasteiger partial charge in [0.15, 0.2) is 5.65 Å². The summed E-state index contributed by atoms with van der Waals surface area (Å²) in [6.45, 7) is 0.729. The summed E-state index contributed by atoms with van der Waals surface area (Å²) >= 11 is 0. The first-order chi connectivity index (χ1) is 14.7. The lowest BCUT2D eigenvalue weighted by Crippen LogP contribution is -2.25. The molecule has 1 aliphatic carbocycles. The molecule has 0 atom stereocenters. The highest BCUT2D eigenvalue weighted by atomic mass is 16.3. The largest absolute Gasteiger partial charge is 0.508 e. The van der Waals surface area contributed by atoms with Crippen LogP contribution >= 0.6 is 0 Å². The first kappa shape index (κ1) is 18.7. The van der Waals surface area contributed by atoms with Crippen molar-refractivity contribution in [2.24, 2.45) is 5.92 Å². The second-order valence-electron chi connectivity index (χ2n) is 8.20. The van der Waals surface area contributed by atoms with Crippen LogP contribution in [0.25, 0.3) is 27.8 Å². The molecule has 0 spiro atoms. The highest BCUT2D eigenvalue weighted by Crippen LogP contribution is 2.31. The molecule has 1 fully saturated rings. The van der Waals surface area contributed by atoms with Crippen molar-refractivity contribution in [1.29, 1.82) is 0 Å². The number of hydrogen-bond acceptors (Lipinski definition) is 3. The van der Waals surface area contributed by atoms with Crippen LogP contribution in [0.4, 0.5) is 0 Å². The molecule has 5 heteroatoms. The fourth-order valence-corrected chi connectivity index (χ4v) is 4.58. The topological polar surface area (TPSA) is 60.0 Å². The summed E-state index contributed by atoms with van der Waals surface area (Å²) < 4.78 is 3.77. The zero-order valence-electron chi connectivity index (χ0n) is 16.9. The molecule has 30 heavy (non-hydrogen) atoms. The van der Waals surface area contributed by atoms with Crippen LogP contribution in [0.2, 0.25) is 0 Å². The Bertz CT molecular complexity index is 1220. The number of hydrogen-bond donors (Lipinski definition) is 1. The molecule has 0 unspecified atom stereocenters. The highest BCUT2D eigenvalue weighted by Gasteiger charge is 2.20. The molecule has 1 aliphatic rings. The molecule has 0 bridgehead atoms. The number of aromatic nitrogens is 3. The zero-order chi connectivity index (χ0) is 20.5. The van der Waals surface area contributed by atoms with Gasteiger partial charge in [-0.05, 0) is 48.6 Å². The molecule has 5 rings (SSSR count). The van der Waals surface area contributed by atoms with Crippen LogP contribution in [0, 0.1) is 5.92 Å². The molecule has 4 aromatic rings. The Kier molecular flexibility index (Phi) is 4.87. The number of para-hydroxylation sites is 1. The van der Waals surface area contributed by atoms with Gasteiger partial charge in [-0.15, -0.1) is 0 Å². The minimum absolute atomic E-state index is 0.00308.